The van der Waals surface area contributed by atoms with E-state index in [4.69, 9.17) is 0 Å². The van der Waals surface area contributed by atoms with Crippen LogP contribution in [0.5, 0.6) is 0 Å². The Morgan fingerprint density at radius 3 is 2.33 bits per heavy atom. The molecule has 2 aromatic rings. The van der Waals surface area contributed by atoms with Crippen molar-refractivity contribution in [2.24, 2.45) is 0 Å². The van der Waals surface area contributed by atoms with E-state index in [1.54, 1.807) is 23.9 Å². The number of hydrogen-bond acceptors (Lipinski definition) is 1. The van der Waals surface area contributed by atoms with Gasteiger partial charge < -0.3 is 0 Å². The van der Waals surface area contributed by atoms with Crippen molar-refractivity contribution in [2.45, 2.75) is 9.79 Å². The molecule has 3 heteroatoms. The molecule has 2 rings (SSSR count). The summed E-state index contributed by atoms with van der Waals surface area (Å²) in [6.45, 7) is 0. The minimum Gasteiger partial charge on any atom is -0.207 e. The standard InChI is InChI=1S/C12H8FIS/c13-9-4-6-11(7-5-9)15-12-3-1-2-10(14)8-12/h1-8H. The van der Waals surface area contributed by atoms with Crippen molar-refractivity contribution >= 4 is 34.4 Å². The number of halogens is 2. The van der Waals surface area contributed by atoms with Gasteiger partial charge in [-0.3, -0.25) is 0 Å². The van der Waals surface area contributed by atoms with Crippen LogP contribution in [0.25, 0.3) is 0 Å². The average molecular weight is 330 g/mol. The van der Waals surface area contributed by atoms with E-state index in [1.807, 2.05) is 6.07 Å². The zero-order valence-corrected chi connectivity index (χ0v) is 10.8. The zero-order valence-electron chi connectivity index (χ0n) is 7.78. The second-order valence-electron chi connectivity index (χ2n) is 3.01. The molecule has 0 N–H and O–H groups in total. The lowest BCUT2D eigenvalue weighted by Crippen LogP contribution is -1.76. The summed E-state index contributed by atoms with van der Waals surface area (Å²) in [5.41, 5.74) is 0. The van der Waals surface area contributed by atoms with Crippen molar-refractivity contribution in [1.29, 1.82) is 0 Å². The highest BCUT2D eigenvalue weighted by molar-refractivity contribution is 14.1. The lowest BCUT2D eigenvalue weighted by atomic mass is 10.3. The maximum atomic E-state index is 12.7. The molecular formula is C12H8FIS. The highest BCUT2D eigenvalue weighted by atomic mass is 127. The van der Waals surface area contributed by atoms with Gasteiger partial charge >= 0.3 is 0 Å². The third-order valence-corrected chi connectivity index (χ3v) is 3.51. The monoisotopic (exact) mass is 330 g/mol. The minimum absolute atomic E-state index is 0.193. The van der Waals surface area contributed by atoms with E-state index in [0.29, 0.717) is 0 Å². The maximum Gasteiger partial charge on any atom is 0.123 e. The maximum absolute atomic E-state index is 12.7. The number of hydrogen-bond donors (Lipinski definition) is 0. The molecule has 0 amide bonds. The molecule has 0 unspecified atom stereocenters. The number of rotatable bonds is 2. The van der Waals surface area contributed by atoms with Gasteiger partial charge in [0.25, 0.3) is 0 Å². The Bertz CT molecular complexity index is 453. The molecule has 76 valence electrons. The molecule has 15 heavy (non-hydrogen) atoms. The van der Waals surface area contributed by atoms with Gasteiger partial charge in [0.15, 0.2) is 0 Å². The van der Waals surface area contributed by atoms with Crippen LogP contribution in [0.2, 0.25) is 0 Å². The minimum atomic E-state index is -0.193. The van der Waals surface area contributed by atoms with Crippen LogP contribution in [0.4, 0.5) is 4.39 Å². The first-order valence-corrected chi connectivity index (χ1v) is 6.32. The quantitative estimate of drug-likeness (QED) is 0.726. The molecule has 0 aromatic heterocycles. The molecular weight excluding hydrogens is 322 g/mol. The molecule has 0 aliphatic heterocycles. The van der Waals surface area contributed by atoms with Gasteiger partial charge in [-0.25, -0.2) is 4.39 Å². The van der Waals surface area contributed by atoms with Gasteiger partial charge in [-0.05, 0) is 65.1 Å². The predicted octanol–water partition coefficient (Wildman–Crippen LogP) is 4.58. The SMILES string of the molecule is Fc1ccc(Sc2cccc(I)c2)cc1. The fourth-order valence-corrected chi connectivity index (χ4v) is 2.80. The molecule has 0 saturated carbocycles. The highest BCUT2D eigenvalue weighted by Gasteiger charge is 1.98. The highest BCUT2D eigenvalue weighted by Crippen LogP contribution is 2.28. The average Bonchev–Trinajstić information content (AvgIpc) is 2.22. The lowest BCUT2D eigenvalue weighted by molar-refractivity contribution is 0.626. The van der Waals surface area contributed by atoms with Crippen molar-refractivity contribution in [3.63, 3.8) is 0 Å². The molecule has 0 spiro atoms. The van der Waals surface area contributed by atoms with E-state index in [1.165, 1.54) is 20.6 Å². The Kier molecular flexibility index (Phi) is 3.64. The first kappa shape index (κ1) is 11.0. The summed E-state index contributed by atoms with van der Waals surface area (Å²) in [5.74, 6) is -0.193. The molecule has 0 aliphatic rings. The Morgan fingerprint density at radius 1 is 0.933 bits per heavy atom. The topological polar surface area (TPSA) is 0 Å². The summed E-state index contributed by atoms with van der Waals surface area (Å²) in [6, 6.07) is 14.8. The Morgan fingerprint density at radius 2 is 1.67 bits per heavy atom. The third-order valence-electron chi connectivity index (χ3n) is 1.85. The van der Waals surface area contributed by atoms with Crippen LogP contribution in [-0.4, -0.2) is 0 Å². The molecule has 0 atom stereocenters. The Labute approximate surface area is 106 Å². The third kappa shape index (κ3) is 3.21. The van der Waals surface area contributed by atoms with Crippen LogP contribution in [0, 0.1) is 9.39 Å². The van der Waals surface area contributed by atoms with Crippen molar-refractivity contribution < 1.29 is 4.39 Å². The Balaban J connectivity index is 2.18. The van der Waals surface area contributed by atoms with E-state index in [-0.39, 0.29) is 5.82 Å². The first-order chi connectivity index (χ1) is 7.24. The van der Waals surface area contributed by atoms with Crippen LogP contribution in [-0.2, 0) is 0 Å². The summed E-state index contributed by atoms with van der Waals surface area (Å²) < 4.78 is 13.9. The fraction of sp³-hybridized carbons (Fsp3) is 0. The largest absolute Gasteiger partial charge is 0.207 e. The van der Waals surface area contributed by atoms with Gasteiger partial charge in [-0.1, -0.05) is 17.8 Å². The van der Waals surface area contributed by atoms with Crippen molar-refractivity contribution in [1.82, 2.24) is 0 Å². The second-order valence-corrected chi connectivity index (χ2v) is 5.41. The smallest absolute Gasteiger partial charge is 0.123 e. The van der Waals surface area contributed by atoms with Crippen LogP contribution in [0.1, 0.15) is 0 Å². The molecule has 0 fully saturated rings. The van der Waals surface area contributed by atoms with Crippen LogP contribution in [0.3, 0.4) is 0 Å². The predicted molar refractivity (Wildman–Crippen MR) is 69.7 cm³/mol. The molecule has 0 heterocycles. The Hall–Kier alpha value is -0.550. The fourth-order valence-electron chi connectivity index (χ4n) is 1.17. The lowest BCUT2D eigenvalue weighted by Gasteiger charge is -2.01. The summed E-state index contributed by atoms with van der Waals surface area (Å²) in [7, 11) is 0. The van der Waals surface area contributed by atoms with Gasteiger partial charge in [0, 0.05) is 13.4 Å². The summed E-state index contributed by atoms with van der Waals surface area (Å²) in [5, 5.41) is 0. The van der Waals surface area contributed by atoms with Crippen molar-refractivity contribution in [3.8, 4) is 0 Å². The van der Waals surface area contributed by atoms with Gasteiger partial charge in [0.2, 0.25) is 0 Å². The van der Waals surface area contributed by atoms with Gasteiger partial charge in [0.05, 0.1) is 0 Å². The molecule has 0 aliphatic carbocycles. The van der Waals surface area contributed by atoms with Gasteiger partial charge in [-0.2, -0.15) is 0 Å². The number of benzene rings is 2. The molecule has 0 nitrogen and oxygen atoms in total. The summed E-state index contributed by atoms with van der Waals surface area (Å²) in [6.07, 6.45) is 0. The summed E-state index contributed by atoms with van der Waals surface area (Å²) in [4.78, 5) is 2.23. The van der Waals surface area contributed by atoms with Crippen LogP contribution >= 0.6 is 34.4 Å². The van der Waals surface area contributed by atoms with E-state index >= 15 is 0 Å². The normalized spacial score (nSPS) is 10.3. The zero-order chi connectivity index (χ0) is 10.7. The van der Waals surface area contributed by atoms with Crippen LogP contribution < -0.4 is 0 Å². The molecule has 2 aromatic carbocycles. The molecule has 0 saturated heterocycles. The van der Waals surface area contributed by atoms with Crippen molar-refractivity contribution in [3.05, 3.63) is 57.9 Å². The second kappa shape index (κ2) is 4.99. The van der Waals surface area contributed by atoms with E-state index in [2.05, 4.69) is 40.8 Å². The van der Waals surface area contributed by atoms with E-state index < -0.39 is 0 Å². The van der Waals surface area contributed by atoms with Crippen LogP contribution in [0.15, 0.2) is 58.3 Å². The van der Waals surface area contributed by atoms with E-state index in [0.717, 1.165) is 4.90 Å². The molecule has 0 radical (unpaired) electrons. The summed E-state index contributed by atoms with van der Waals surface area (Å²) >= 11 is 3.92. The first-order valence-electron chi connectivity index (χ1n) is 4.43. The van der Waals surface area contributed by atoms with Crippen molar-refractivity contribution in [2.75, 3.05) is 0 Å². The van der Waals surface area contributed by atoms with Gasteiger partial charge in [-0.15, -0.1) is 0 Å². The van der Waals surface area contributed by atoms with E-state index in [9.17, 15) is 4.39 Å². The van der Waals surface area contributed by atoms with Gasteiger partial charge in [0.1, 0.15) is 5.82 Å². The molecule has 0 bridgehead atoms.